The number of rotatable bonds is 4. The summed E-state index contributed by atoms with van der Waals surface area (Å²) in [4.78, 5) is 10.2. The van der Waals surface area contributed by atoms with Crippen LogP contribution in [0.25, 0.3) is 0 Å². The molecule has 0 heterocycles. The van der Waals surface area contributed by atoms with Gasteiger partial charge in [0.05, 0.1) is 17.9 Å². The highest BCUT2D eigenvalue weighted by molar-refractivity contribution is 6.20. The van der Waals surface area contributed by atoms with Crippen LogP contribution in [0.2, 0.25) is 0 Å². The van der Waals surface area contributed by atoms with Gasteiger partial charge in [-0.15, -0.1) is 11.6 Å². The summed E-state index contributed by atoms with van der Waals surface area (Å²) < 4.78 is 0. The van der Waals surface area contributed by atoms with E-state index in [1.807, 2.05) is 0 Å². The van der Waals surface area contributed by atoms with Gasteiger partial charge in [-0.25, -0.2) is 5.11 Å². The van der Waals surface area contributed by atoms with Crippen molar-refractivity contribution < 1.29 is 15.0 Å². The lowest BCUT2D eigenvalue weighted by molar-refractivity contribution is -0.141. The maximum Gasteiger partial charge on any atom is 0.306 e. The van der Waals surface area contributed by atoms with E-state index in [1.165, 1.54) is 6.92 Å². The molecule has 0 saturated heterocycles. The Balaban J connectivity index is 3.56. The van der Waals surface area contributed by atoms with Crippen LogP contribution in [0.5, 0.6) is 0 Å². The standard InChI is InChI=1S/C6H10ClO3/c1-4(6(9)10)2-5(7)3-8/h4-5H,2-3H2,1H3,(H,9,10). The van der Waals surface area contributed by atoms with Gasteiger partial charge >= 0.3 is 5.97 Å². The SMILES string of the molecule is CC(CC(Cl)C[O])C(=O)O. The van der Waals surface area contributed by atoms with Gasteiger partial charge in [0.2, 0.25) is 0 Å². The van der Waals surface area contributed by atoms with Gasteiger partial charge in [0, 0.05) is 0 Å². The van der Waals surface area contributed by atoms with Crippen LogP contribution < -0.4 is 0 Å². The third kappa shape index (κ3) is 3.69. The zero-order chi connectivity index (χ0) is 8.15. The first-order valence-electron chi connectivity index (χ1n) is 3.03. The summed E-state index contributed by atoms with van der Waals surface area (Å²) in [6.45, 7) is 1.12. The Morgan fingerprint density at radius 3 is 2.50 bits per heavy atom. The molecule has 1 N–H and O–H groups in total. The van der Waals surface area contributed by atoms with E-state index in [1.54, 1.807) is 0 Å². The molecular formula is C6H10ClO3. The second-order valence-corrected chi connectivity index (χ2v) is 2.86. The molecule has 0 rings (SSSR count). The lowest BCUT2D eigenvalue weighted by atomic mass is 10.1. The van der Waals surface area contributed by atoms with Gasteiger partial charge in [-0.1, -0.05) is 6.92 Å². The summed E-state index contributed by atoms with van der Waals surface area (Å²) >= 11 is 5.43. The largest absolute Gasteiger partial charge is 0.481 e. The van der Waals surface area contributed by atoms with Crippen LogP contribution in [-0.2, 0) is 9.90 Å². The number of alkyl halides is 1. The smallest absolute Gasteiger partial charge is 0.306 e. The first kappa shape index (κ1) is 9.72. The number of carboxylic acids is 1. The van der Waals surface area contributed by atoms with Crippen molar-refractivity contribution >= 4 is 17.6 Å². The molecule has 0 amide bonds. The Kier molecular flexibility index (Phi) is 4.40. The molecule has 0 saturated carbocycles. The number of hydrogen-bond acceptors (Lipinski definition) is 1. The van der Waals surface area contributed by atoms with E-state index < -0.39 is 23.9 Å². The van der Waals surface area contributed by atoms with Crippen LogP contribution in [0, 0.1) is 5.92 Å². The first-order valence-corrected chi connectivity index (χ1v) is 3.46. The van der Waals surface area contributed by atoms with E-state index >= 15 is 0 Å². The predicted octanol–water partition coefficient (Wildman–Crippen LogP) is 1.14. The monoisotopic (exact) mass is 165 g/mol. The van der Waals surface area contributed by atoms with E-state index in [0.717, 1.165) is 0 Å². The van der Waals surface area contributed by atoms with Crippen LogP contribution in [0.4, 0.5) is 0 Å². The first-order chi connectivity index (χ1) is 4.57. The number of carbonyl (C=O) groups is 1. The topological polar surface area (TPSA) is 57.2 Å². The van der Waals surface area contributed by atoms with Gasteiger partial charge in [-0.05, 0) is 6.42 Å². The molecular weight excluding hydrogens is 156 g/mol. The van der Waals surface area contributed by atoms with Crippen LogP contribution in [0.15, 0.2) is 0 Å². The van der Waals surface area contributed by atoms with Gasteiger partial charge in [0.1, 0.15) is 0 Å². The van der Waals surface area contributed by atoms with Crippen molar-refractivity contribution in [1.82, 2.24) is 0 Å². The van der Waals surface area contributed by atoms with Crippen molar-refractivity contribution in [3.8, 4) is 0 Å². The van der Waals surface area contributed by atoms with E-state index in [0.29, 0.717) is 0 Å². The molecule has 0 aliphatic carbocycles. The lowest BCUT2D eigenvalue weighted by Crippen LogP contribution is -2.16. The van der Waals surface area contributed by atoms with E-state index in [9.17, 15) is 9.90 Å². The maximum atomic E-state index is 10.2. The summed E-state index contributed by atoms with van der Waals surface area (Å²) in [6.07, 6.45) is 0.250. The summed E-state index contributed by atoms with van der Waals surface area (Å²) in [5.74, 6) is -1.42. The zero-order valence-electron chi connectivity index (χ0n) is 5.71. The van der Waals surface area contributed by atoms with Gasteiger partial charge in [-0.2, -0.15) is 0 Å². The zero-order valence-corrected chi connectivity index (χ0v) is 6.47. The molecule has 0 aromatic carbocycles. The number of hydrogen-bond donors (Lipinski definition) is 1. The summed E-state index contributed by atoms with van der Waals surface area (Å²) in [6, 6.07) is 0. The van der Waals surface area contributed by atoms with Crippen molar-refractivity contribution in [3.63, 3.8) is 0 Å². The van der Waals surface area contributed by atoms with Crippen LogP contribution >= 0.6 is 11.6 Å². The summed E-state index contributed by atoms with van der Waals surface area (Å²) in [7, 11) is 0. The van der Waals surface area contributed by atoms with Crippen molar-refractivity contribution in [3.05, 3.63) is 0 Å². The van der Waals surface area contributed by atoms with Crippen molar-refractivity contribution in [2.45, 2.75) is 18.7 Å². The molecule has 0 aromatic heterocycles. The minimum atomic E-state index is -0.904. The second kappa shape index (κ2) is 4.52. The molecule has 2 unspecified atom stereocenters. The van der Waals surface area contributed by atoms with E-state index in [4.69, 9.17) is 16.7 Å². The molecule has 0 aliphatic rings. The van der Waals surface area contributed by atoms with Crippen LogP contribution in [0.3, 0.4) is 0 Å². The summed E-state index contributed by atoms with van der Waals surface area (Å²) in [5, 5.41) is 17.9. The van der Waals surface area contributed by atoms with Gasteiger partial charge in [0.15, 0.2) is 0 Å². The molecule has 3 nitrogen and oxygen atoms in total. The van der Waals surface area contributed by atoms with Gasteiger partial charge in [0.25, 0.3) is 0 Å². The molecule has 0 bridgehead atoms. The molecule has 0 fully saturated rings. The van der Waals surface area contributed by atoms with Crippen molar-refractivity contribution in [2.75, 3.05) is 6.61 Å². The third-order valence-electron chi connectivity index (χ3n) is 1.21. The fourth-order valence-electron chi connectivity index (χ4n) is 0.552. The predicted molar refractivity (Wildman–Crippen MR) is 36.6 cm³/mol. The Morgan fingerprint density at radius 2 is 2.20 bits per heavy atom. The third-order valence-corrected chi connectivity index (χ3v) is 1.52. The number of carboxylic acid groups (broad SMARTS) is 1. The Morgan fingerprint density at radius 1 is 1.70 bits per heavy atom. The molecule has 59 valence electrons. The molecule has 4 heteroatoms. The highest BCUT2D eigenvalue weighted by Crippen LogP contribution is 2.10. The van der Waals surface area contributed by atoms with E-state index in [2.05, 4.69) is 0 Å². The number of halogens is 1. The Bertz CT molecular complexity index is 116. The van der Waals surface area contributed by atoms with Crippen LogP contribution in [-0.4, -0.2) is 23.1 Å². The van der Waals surface area contributed by atoms with Gasteiger partial charge in [-0.3, -0.25) is 4.79 Å². The maximum absolute atomic E-state index is 10.2. The molecule has 0 spiro atoms. The second-order valence-electron chi connectivity index (χ2n) is 2.24. The summed E-state index contributed by atoms with van der Waals surface area (Å²) in [5.41, 5.74) is 0. The molecule has 0 aromatic rings. The molecule has 10 heavy (non-hydrogen) atoms. The lowest BCUT2D eigenvalue weighted by Gasteiger charge is -2.07. The average molecular weight is 166 g/mol. The Labute approximate surface area is 64.6 Å². The van der Waals surface area contributed by atoms with Gasteiger partial charge < -0.3 is 5.11 Å². The normalized spacial score (nSPS) is 16.3. The molecule has 2 atom stereocenters. The fraction of sp³-hybridized carbons (Fsp3) is 0.833. The van der Waals surface area contributed by atoms with Crippen molar-refractivity contribution in [2.24, 2.45) is 5.92 Å². The Hall–Kier alpha value is -0.280. The van der Waals surface area contributed by atoms with E-state index in [-0.39, 0.29) is 6.42 Å². The number of aliphatic carboxylic acids is 1. The average Bonchev–Trinajstić information content (AvgIpc) is 1.87. The molecule has 0 aliphatic heterocycles. The highest BCUT2D eigenvalue weighted by atomic mass is 35.5. The van der Waals surface area contributed by atoms with Crippen molar-refractivity contribution in [1.29, 1.82) is 0 Å². The highest BCUT2D eigenvalue weighted by Gasteiger charge is 2.15. The quantitative estimate of drug-likeness (QED) is 0.635. The molecule has 1 radical (unpaired) electrons. The van der Waals surface area contributed by atoms with Crippen LogP contribution in [0.1, 0.15) is 13.3 Å². The fourth-order valence-corrected chi connectivity index (χ4v) is 0.820. The minimum Gasteiger partial charge on any atom is -0.481 e. The minimum absolute atomic E-state index is 0.250.